The molecule has 0 unspecified atom stereocenters. The van der Waals surface area contributed by atoms with Crippen LogP contribution in [0.5, 0.6) is 0 Å². The maximum Gasteiger partial charge on any atom is 0.306 e. The number of halogens is 2. The number of nitrogens with one attached hydrogen (secondary N) is 1. The monoisotopic (exact) mass is 319 g/mol. The highest BCUT2D eigenvalue weighted by Crippen LogP contribution is 2.25. The van der Waals surface area contributed by atoms with Crippen LogP contribution in [0.4, 0.5) is 5.69 Å². The average molecular weight is 320 g/mol. The van der Waals surface area contributed by atoms with Gasteiger partial charge in [0.25, 0.3) is 0 Å². The summed E-state index contributed by atoms with van der Waals surface area (Å²) in [5.74, 6) is -0.738. The molecular weight excluding hydrogens is 305 g/mol. The maximum absolute atomic E-state index is 11.6. The van der Waals surface area contributed by atoms with Crippen molar-refractivity contribution >= 4 is 40.8 Å². The third-order valence-electron chi connectivity index (χ3n) is 2.31. The van der Waals surface area contributed by atoms with Crippen LogP contribution in [0.25, 0.3) is 0 Å². The summed E-state index contributed by atoms with van der Waals surface area (Å²) in [5, 5.41) is 3.38. The first-order valence-corrected chi connectivity index (χ1v) is 6.68. The van der Waals surface area contributed by atoms with Crippen LogP contribution in [0.2, 0.25) is 10.0 Å². The largest absolute Gasteiger partial charge is 0.463 e. The van der Waals surface area contributed by atoms with Crippen molar-refractivity contribution in [3.63, 3.8) is 0 Å². The van der Waals surface area contributed by atoms with Gasteiger partial charge in [-0.05, 0) is 18.2 Å². The molecule has 1 aromatic carbocycles. The molecule has 1 N–H and O–H groups in total. The topological polar surface area (TPSA) is 64.6 Å². The lowest BCUT2D eigenvalue weighted by molar-refractivity contribution is -0.145. The SMILES string of the molecule is COCCOC(=O)CCC(=O)Nc1ccc(Cl)c(Cl)c1. The van der Waals surface area contributed by atoms with Crippen LogP contribution in [-0.4, -0.2) is 32.2 Å². The van der Waals surface area contributed by atoms with Gasteiger partial charge in [0.15, 0.2) is 0 Å². The van der Waals surface area contributed by atoms with E-state index in [0.717, 1.165) is 0 Å². The summed E-state index contributed by atoms with van der Waals surface area (Å²) >= 11 is 11.6. The molecule has 0 aromatic heterocycles. The van der Waals surface area contributed by atoms with Crippen LogP contribution in [0.3, 0.4) is 0 Å². The molecule has 0 aliphatic heterocycles. The Morgan fingerprint density at radius 3 is 2.55 bits per heavy atom. The first-order valence-electron chi connectivity index (χ1n) is 5.92. The van der Waals surface area contributed by atoms with E-state index in [1.807, 2.05) is 0 Å². The molecule has 5 nitrogen and oxygen atoms in total. The molecule has 0 aliphatic carbocycles. The van der Waals surface area contributed by atoms with E-state index in [1.165, 1.54) is 7.11 Å². The van der Waals surface area contributed by atoms with Gasteiger partial charge in [-0.1, -0.05) is 23.2 Å². The van der Waals surface area contributed by atoms with Gasteiger partial charge < -0.3 is 14.8 Å². The minimum absolute atomic E-state index is 0.0108. The molecule has 0 atom stereocenters. The van der Waals surface area contributed by atoms with E-state index in [0.29, 0.717) is 22.3 Å². The smallest absolute Gasteiger partial charge is 0.306 e. The zero-order valence-corrected chi connectivity index (χ0v) is 12.5. The number of anilines is 1. The third-order valence-corrected chi connectivity index (χ3v) is 3.05. The number of hydrogen-bond donors (Lipinski definition) is 1. The number of carbonyl (C=O) groups excluding carboxylic acids is 2. The van der Waals surface area contributed by atoms with Crippen molar-refractivity contribution < 1.29 is 19.1 Å². The molecule has 1 rings (SSSR count). The number of esters is 1. The highest BCUT2D eigenvalue weighted by atomic mass is 35.5. The number of amides is 1. The van der Waals surface area contributed by atoms with Gasteiger partial charge in [0.2, 0.25) is 5.91 Å². The Morgan fingerprint density at radius 2 is 1.90 bits per heavy atom. The van der Waals surface area contributed by atoms with Gasteiger partial charge in [-0.15, -0.1) is 0 Å². The fraction of sp³-hybridized carbons (Fsp3) is 0.385. The second kappa shape index (κ2) is 8.79. The summed E-state index contributed by atoms with van der Waals surface area (Å²) in [7, 11) is 1.51. The van der Waals surface area contributed by atoms with Crippen LogP contribution in [0.15, 0.2) is 18.2 Å². The lowest BCUT2D eigenvalue weighted by Crippen LogP contribution is -2.15. The summed E-state index contributed by atoms with van der Waals surface area (Å²) < 4.78 is 9.57. The Labute approximate surface area is 127 Å². The van der Waals surface area contributed by atoms with Crippen LogP contribution < -0.4 is 5.32 Å². The zero-order chi connectivity index (χ0) is 15.0. The van der Waals surface area contributed by atoms with Crippen molar-refractivity contribution in [1.82, 2.24) is 0 Å². The molecule has 0 saturated heterocycles. The van der Waals surface area contributed by atoms with Crippen molar-refractivity contribution in [2.75, 3.05) is 25.6 Å². The van der Waals surface area contributed by atoms with Crippen molar-refractivity contribution in [3.05, 3.63) is 28.2 Å². The number of benzene rings is 1. The van der Waals surface area contributed by atoms with Gasteiger partial charge in [0.1, 0.15) is 6.61 Å². The Bertz CT molecular complexity index is 479. The predicted molar refractivity (Wildman–Crippen MR) is 77.2 cm³/mol. The van der Waals surface area contributed by atoms with Crippen LogP contribution in [0, 0.1) is 0 Å². The first kappa shape index (κ1) is 16.8. The van der Waals surface area contributed by atoms with Crippen LogP contribution in [-0.2, 0) is 19.1 Å². The van der Waals surface area contributed by atoms with Gasteiger partial charge >= 0.3 is 5.97 Å². The molecule has 0 saturated carbocycles. The summed E-state index contributed by atoms with van der Waals surface area (Å²) in [4.78, 5) is 22.9. The second-order valence-corrected chi connectivity index (χ2v) is 4.70. The standard InChI is InChI=1S/C13H15Cl2NO4/c1-19-6-7-20-13(18)5-4-12(17)16-9-2-3-10(14)11(15)8-9/h2-3,8H,4-7H2,1H3,(H,16,17). The third kappa shape index (κ3) is 6.23. The molecule has 7 heteroatoms. The molecule has 1 aromatic rings. The fourth-order valence-electron chi connectivity index (χ4n) is 1.32. The minimum atomic E-state index is -0.439. The quantitative estimate of drug-likeness (QED) is 0.620. The van der Waals surface area contributed by atoms with Gasteiger partial charge in [-0.2, -0.15) is 0 Å². The Morgan fingerprint density at radius 1 is 1.15 bits per heavy atom. The fourth-order valence-corrected chi connectivity index (χ4v) is 1.62. The Kier molecular flexibility index (Phi) is 7.36. The highest BCUT2D eigenvalue weighted by Gasteiger charge is 2.09. The Hall–Kier alpha value is -1.30. The van der Waals surface area contributed by atoms with Crippen LogP contribution >= 0.6 is 23.2 Å². The van der Waals surface area contributed by atoms with E-state index in [4.69, 9.17) is 32.7 Å². The van der Waals surface area contributed by atoms with Gasteiger partial charge in [-0.25, -0.2) is 0 Å². The first-order chi connectivity index (χ1) is 9.52. The zero-order valence-electron chi connectivity index (χ0n) is 10.9. The molecule has 1 amide bonds. The number of ether oxygens (including phenoxy) is 2. The predicted octanol–water partition coefficient (Wildman–Crippen LogP) is 2.90. The van der Waals surface area contributed by atoms with Gasteiger partial charge in [0, 0.05) is 19.2 Å². The number of hydrogen-bond acceptors (Lipinski definition) is 4. The molecule has 0 fully saturated rings. The van der Waals surface area contributed by atoms with Crippen molar-refractivity contribution in [1.29, 1.82) is 0 Å². The summed E-state index contributed by atoms with van der Waals surface area (Å²) in [6.07, 6.45) is 0.0446. The molecule has 110 valence electrons. The van der Waals surface area contributed by atoms with E-state index in [-0.39, 0.29) is 25.4 Å². The highest BCUT2D eigenvalue weighted by molar-refractivity contribution is 6.42. The number of carbonyl (C=O) groups is 2. The van der Waals surface area contributed by atoms with Gasteiger partial charge in [0.05, 0.1) is 23.1 Å². The molecular formula is C13H15Cl2NO4. The van der Waals surface area contributed by atoms with E-state index in [2.05, 4.69) is 5.32 Å². The molecule has 0 heterocycles. The number of rotatable bonds is 7. The van der Waals surface area contributed by atoms with E-state index in [9.17, 15) is 9.59 Å². The van der Waals surface area contributed by atoms with Crippen molar-refractivity contribution in [2.45, 2.75) is 12.8 Å². The second-order valence-electron chi connectivity index (χ2n) is 3.89. The normalized spacial score (nSPS) is 10.2. The lowest BCUT2D eigenvalue weighted by atomic mass is 10.2. The molecule has 20 heavy (non-hydrogen) atoms. The van der Waals surface area contributed by atoms with Crippen LogP contribution in [0.1, 0.15) is 12.8 Å². The summed E-state index contributed by atoms with van der Waals surface area (Å²) in [5.41, 5.74) is 0.525. The maximum atomic E-state index is 11.6. The molecule has 0 radical (unpaired) electrons. The summed E-state index contributed by atoms with van der Waals surface area (Å²) in [6.45, 7) is 0.519. The molecule has 0 bridgehead atoms. The lowest BCUT2D eigenvalue weighted by Gasteiger charge is -2.06. The summed E-state index contributed by atoms with van der Waals surface area (Å²) in [6, 6.07) is 4.75. The van der Waals surface area contributed by atoms with E-state index < -0.39 is 5.97 Å². The van der Waals surface area contributed by atoms with E-state index in [1.54, 1.807) is 18.2 Å². The van der Waals surface area contributed by atoms with Crippen molar-refractivity contribution in [2.24, 2.45) is 0 Å². The minimum Gasteiger partial charge on any atom is -0.463 e. The molecule has 0 spiro atoms. The average Bonchev–Trinajstić information content (AvgIpc) is 2.41. The Balaban J connectivity index is 2.32. The van der Waals surface area contributed by atoms with E-state index >= 15 is 0 Å². The number of methoxy groups -OCH3 is 1. The van der Waals surface area contributed by atoms with Crippen molar-refractivity contribution in [3.8, 4) is 0 Å². The molecule has 0 aliphatic rings. The van der Waals surface area contributed by atoms with Gasteiger partial charge in [-0.3, -0.25) is 9.59 Å².